The number of aryl methyl sites for hydroxylation is 1. The van der Waals surface area contributed by atoms with Crippen LogP contribution in [-0.4, -0.2) is 15.7 Å². The molecule has 1 aliphatic heterocycles. The maximum Gasteiger partial charge on any atom is 0.258 e. The number of anilines is 3. The van der Waals surface area contributed by atoms with Gasteiger partial charge < -0.3 is 10.2 Å². The normalized spacial score (nSPS) is 12.1. The average molecular weight is 366 g/mol. The van der Waals surface area contributed by atoms with Crippen molar-refractivity contribution >= 4 is 35.7 Å². The Hall–Kier alpha value is -2.73. The first-order valence-electron chi connectivity index (χ1n) is 8.61. The van der Waals surface area contributed by atoms with Gasteiger partial charge in [-0.2, -0.15) is 5.10 Å². The number of fused-ring (bicyclic) bond motifs is 2. The van der Waals surface area contributed by atoms with Gasteiger partial charge in [0.05, 0.1) is 24.1 Å². The molecule has 0 saturated carbocycles. The van der Waals surface area contributed by atoms with E-state index >= 15 is 0 Å². The van der Waals surface area contributed by atoms with Gasteiger partial charge in [0.2, 0.25) is 0 Å². The summed E-state index contributed by atoms with van der Waals surface area (Å²) in [6, 6.07) is 15.0. The smallest absolute Gasteiger partial charge is 0.258 e. The SMILES string of the molecule is CC.Cn1ncc2c1Nc1ccc(S)cc1N(C(=O)c1ccccc1)C2. The molecule has 5 nitrogen and oxygen atoms in total. The number of nitrogens with zero attached hydrogens (tertiary/aromatic N) is 3. The standard InChI is InChI=1S/C18H16N4OS.C2H6/c1-21-17-13(10-19-21)11-22(18(23)12-5-3-2-4-6-12)16-9-14(24)7-8-15(16)20-17;1-2/h2-10,20,24H,11H2,1H3;1-2H3. The highest BCUT2D eigenvalue weighted by molar-refractivity contribution is 7.80. The van der Waals surface area contributed by atoms with Crippen molar-refractivity contribution in [3.63, 3.8) is 0 Å². The Morgan fingerprint density at radius 1 is 1.15 bits per heavy atom. The lowest BCUT2D eigenvalue weighted by molar-refractivity contribution is 0.0985. The van der Waals surface area contributed by atoms with Crippen LogP contribution in [0.5, 0.6) is 0 Å². The third-order valence-electron chi connectivity index (χ3n) is 4.13. The molecule has 0 bridgehead atoms. The van der Waals surface area contributed by atoms with E-state index in [0.29, 0.717) is 12.1 Å². The fourth-order valence-corrected chi connectivity index (χ4v) is 3.11. The van der Waals surface area contributed by atoms with Crippen molar-refractivity contribution < 1.29 is 4.79 Å². The van der Waals surface area contributed by atoms with Gasteiger partial charge in [-0.25, -0.2) is 0 Å². The van der Waals surface area contributed by atoms with E-state index in [1.54, 1.807) is 15.8 Å². The minimum atomic E-state index is -0.0470. The second kappa shape index (κ2) is 7.66. The van der Waals surface area contributed by atoms with E-state index in [0.717, 1.165) is 27.7 Å². The number of thiol groups is 1. The van der Waals surface area contributed by atoms with E-state index < -0.39 is 0 Å². The van der Waals surface area contributed by atoms with Gasteiger partial charge in [0.25, 0.3) is 5.91 Å². The van der Waals surface area contributed by atoms with Gasteiger partial charge in [0, 0.05) is 23.1 Å². The number of benzene rings is 2. The Labute approximate surface area is 159 Å². The van der Waals surface area contributed by atoms with E-state index in [1.807, 2.05) is 69.4 Å². The number of hydrogen-bond acceptors (Lipinski definition) is 4. The summed E-state index contributed by atoms with van der Waals surface area (Å²) < 4.78 is 1.78. The quantitative estimate of drug-likeness (QED) is 0.617. The summed E-state index contributed by atoms with van der Waals surface area (Å²) in [5.41, 5.74) is 3.30. The van der Waals surface area contributed by atoms with Gasteiger partial charge in [-0.15, -0.1) is 12.6 Å². The van der Waals surface area contributed by atoms with Gasteiger partial charge in [0.1, 0.15) is 5.82 Å². The molecule has 0 unspecified atom stereocenters. The molecule has 2 aromatic carbocycles. The number of amides is 1. The van der Waals surface area contributed by atoms with Crippen molar-refractivity contribution in [1.82, 2.24) is 9.78 Å². The van der Waals surface area contributed by atoms with Crippen LogP contribution in [0.4, 0.5) is 17.2 Å². The molecular weight excluding hydrogens is 344 g/mol. The topological polar surface area (TPSA) is 50.2 Å². The lowest BCUT2D eigenvalue weighted by atomic mass is 10.1. The highest BCUT2D eigenvalue weighted by Gasteiger charge is 2.26. The Kier molecular flexibility index (Phi) is 5.32. The highest BCUT2D eigenvalue weighted by atomic mass is 32.1. The molecule has 3 aromatic rings. The fraction of sp³-hybridized carbons (Fsp3) is 0.200. The molecule has 1 N–H and O–H groups in total. The summed E-state index contributed by atoms with van der Waals surface area (Å²) in [6.07, 6.45) is 1.79. The molecule has 1 amide bonds. The predicted octanol–water partition coefficient (Wildman–Crippen LogP) is 4.64. The van der Waals surface area contributed by atoms with E-state index in [9.17, 15) is 4.79 Å². The van der Waals surface area contributed by atoms with E-state index in [4.69, 9.17) is 0 Å². The maximum absolute atomic E-state index is 13.1. The van der Waals surface area contributed by atoms with Crippen molar-refractivity contribution in [3.05, 3.63) is 65.9 Å². The molecule has 6 heteroatoms. The predicted molar refractivity (Wildman–Crippen MR) is 108 cm³/mol. The largest absolute Gasteiger partial charge is 0.338 e. The third kappa shape index (κ3) is 3.32. The van der Waals surface area contributed by atoms with Crippen LogP contribution < -0.4 is 10.2 Å². The molecule has 0 saturated heterocycles. The van der Waals surface area contributed by atoms with E-state index in [-0.39, 0.29) is 5.91 Å². The zero-order valence-electron chi connectivity index (χ0n) is 15.1. The number of carbonyl (C=O) groups is 1. The number of carbonyl (C=O) groups excluding carboxylic acids is 1. The van der Waals surface area contributed by atoms with Crippen molar-refractivity contribution in [3.8, 4) is 0 Å². The summed E-state index contributed by atoms with van der Waals surface area (Å²) in [4.78, 5) is 15.7. The Balaban J connectivity index is 0.000000948. The minimum absolute atomic E-state index is 0.0470. The lowest BCUT2D eigenvalue weighted by Gasteiger charge is -2.23. The molecule has 0 fully saturated rings. The molecule has 4 rings (SSSR count). The maximum atomic E-state index is 13.1. The van der Waals surface area contributed by atoms with Gasteiger partial charge >= 0.3 is 0 Å². The van der Waals surface area contributed by atoms with Crippen LogP contribution in [0.3, 0.4) is 0 Å². The Morgan fingerprint density at radius 3 is 2.62 bits per heavy atom. The third-order valence-corrected chi connectivity index (χ3v) is 4.41. The van der Waals surface area contributed by atoms with Crippen LogP contribution in [0.25, 0.3) is 0 Å². The molecule has 2 heterocycles. The highest BCUT2D eigenvalue weighted by Crippen LogP contribution is 2.37. The molecule has 0 spiro atoms. The number of rotatable bonds is 1. The van der Waals surface area contributed by atoms with Gasteiger partial charge in [-0.05, 0) is 30.3 Å². The number of nitrogens with one attached hydrogen (secondary N) is 1. The summed E-state index contributed by atoms with van der Waals surface area (Å²) in [5.74, 6) is 0.848. The second-order valence-electron chi connectivity index (χ2n) is 5.73. The molecule has 1 aliphatic rings. The molecule has 0 atom stereocenters. The molecule has 26 heavy (non-hydrogen) atoms. The minimum Gasteiger partial charge on any atom is -0.338 e. The lowest BCUT2D eigenvalue weighted by Crippen LogP contribution is -2.30. The van der Waals surface area contributed by atoms with Crippen LogP contribution >= 0.6 is 12.6 Å². The molecular formula is C20H22N4OS. The molecule has 1 aromatic heterocycles. The first-order chi connectivity index (χ1) is 12.6. The van der Waals surface area contributed by atoms with Gasteiger partial charge in [-0.3, -0.25) is 9.48 Å². The fourth-order valence-electron chi connectivity index (χ4n) is 2.91. The van der Waals surface area contributed by atoms with Gasteiger partial charge in [-0.1, -0.05) is 32.0 Å². The first kappa shape index (κ1) is 18.1. The van der Waals surface area contributed by atoms with E-state index in [2.05, 4.69) is 23.0 Å². The van der Waals surface area contributed by atoms with Crippen LogP contribution in [0.2, 0.25) is 0 Å². The van der Waals surface area contributed by atoms with Crippen molar-refractivity contribution in [2.45, 2.75) is 25.3 Å². The first-order valence-corrected chi connectivity index (χ1v) is 9.06. The zero-order valence-corrected chi connectivity index (χ0v) is 16.0. The van der Waals surface area contributed by atoms with Crippen molar-refractivity contribution in [2.24, 2.45) is 7.05 Å². The van der Waals surface area contributed by atoms with Crippen molar-refractivity contribution in [1.29, 1.82) is 0 Å². The summed E-state index contributed by atoms with van der Waals surface area (Å²) in [5, 5.41) is 7.69. The van der Waals surface area contributed by atoms with E-state index in [1.165, 1.54) is 0 Å². The van der Waals surface area contributed by atoms with Crippen molar-refractivity contribution in [2.75, 3.05) is 10.2 Å². The monoisotopic (exact) mass is 366 g/mol. The summed E-state index contributed by atoms with van der Waals surface area (Å²) in [7, 11) is 1.88. The van der Waals surface area contributed by atoms with Crippen LogP contribution in [0.1, 0.15) is 29.8 Å². The van der Waals surface area contributed by atoms with Gasteiger partial charge in [0.15, 0.2) is 0 Å². The molecule has 0 radical (unpaired) electrons. The van der Waals surface area contributed by atoms with Crippen LogP contribution in [0.15, 0.2) is 59.6 Å². The van der Waals surface area contributed by atoms with Crippen LogP contribution in [-0.2, 0) is 13.6 Å². The summed E-state index contributed by atoms with van der Waals surface area (Å²) in [6.45, 7) is 4.45. The number of aromatic nitrogens is 2. The average Bonchev–Trinajstić information content (AvgIpc) is 2.93. The number of hydrogen-bond donors (Lipinski definition) is 2. The summed E-state index contributed by atoms with van der Waals surface area (Å²) >= 11 is 4.43. The zero-order chi connectivity index (χ0) is 18.7. The Morgan fingerprint density at radius 2 is 1.88 bits per heavy atom. The van der Waals surface area contributed by atoms with Crippen LogP contribution in [0, 0.1) is 0 Å². The molecule has 134 valence electrons. The Bertz CT molecular complexity index is 921. The second-order valence-corrected chi connectivity index (χ2v) is 6.24. The molecule has 0 aliphatic carbocycles.